The van der Waals surface area contributed by atoms with Gasteiger partial charge >= 0.3 is 0 Å². The molecular formula is C22H22N2O5. The van der Waals surface area contributed by atoms with Gasteiger partial charge in [-0.05, 0) is 54.1 Å². The van der Waals surface area contributed by atoms with Crippen molar-refractivity contribution in [1.29, 1.82) is 0 Å². The van der Waals surface area contributed by atoms with E-state index in [-0.39, 0.29) is 11.8 Å². The molecule has 7 heteroatoms. The van der Waals surface area contributed by atoms with E-state index in [2.05, 4.69) is 10.6 Å². The number of rotatable bonds is 8. The van der Waals surface area contributed by atoms with Crippen LogP contribution >= 0.6 is 0 Å². The molecule has 2 aromatic carbocycles. The number of ether oxygens (including phenoxy) is 2. The highest BCUT2D eigenvalue weighted by Crippen LogP contribution is 2.27. The van der Waals surface area contributed by atoms with Gasteiger partial charge in [-0.1, -0.05) is 6.07 Å². The van der Waals surface area contributed by atoms with Crippen LogP contribution in [0.25, 0.3) is 0 Å². The Labute approximate surface area is 168 Å². The van der Waals surface area contributed by atoms with Crippen molar-refractivity contribution in [1.82, 2.24) is 10.6 Å². The Balaban J connectivity index is 1.55. The van der Waals surface area contributed by atoms with E-state index in [4.69, 9.17) is 13.9 Å². The van der Waals surface area contributed by atoms with E-state index in [9.17, 15) is 9.59 Å². The molecule has 0 aliphatic rings. The fourth-order valence-corrected chi connectivity index (χ4v) is 2.73. The van der Waals surface area contributed by atoms with Crippen LogP contribution in [0.3, 0.4) is 0 Å². The lowest BCUT2D eigenvalue weighted by atomic mass is 10.1. The molecule has 0 aliphatic carbocycles. The highest BCUT2D eigenvalue weighted by Gasteiger charge is 2.10. The molecule has 1 aromatic heterocycles. The van der Waals surface area contributed by atoms with E-state index in [1.165, 1.54) is 0 Å². The van der Waals surface area contributed by atoms with Gasteiger partial charge in [0.2, 0.25) is 0 Å². The molecule has 2 amide bonds. The number of furan rings is 1. The van der Waals surface area contributed by atoms with Gasteiger partial charge in [-0.15, -0.1) is 0 Å². The van der Waals surface area contributed by atoms with Crippen molar-refractivity contribution in [3.8, 4) is 11.5 Å². The zero-order valence-corrected chi connectivity index (χ0v) is 16.2. The number of carbonyl (C=O) groups is 2. The molecule has 0 unspecified atom stereocenters. The van der Waals surface area contributed by atoms with Crippen molar-refractivity contribution in [3.63, 3.8) is 0 Å². The van der Waals surface area contributed by atoms with Gasteiger partial charge in [0.05, 0.1) is 27.0 Å². The van der Waals surface area contributed by atoms with Crippen LogP contribution in [0.1, 0.15) is 32.0 Å². The van der Waals surface area contributed by atoms with Crippen LogP contribution in [0.5, 0.6) is 11.5 Å². The molecule has 0 aliphatic heterocycles. The third-order valence-electron chi connectivity index (χ3n) is 4.31. The topological polar surface area (TPSA) is 89.8 Å². The summed E-state index contributed by atoms with van der Waals surface area (Å²) in [5.74, 6) is 1.43. The van der Waals surface area contributed by atoms with Crippen LogP contribution in [-0.4, -0.2) is 26.0 Å². The standard InChI is InChI=1S/C22H22N2O5/c1-27-19-10-5-15(12-20(19)28-2)13-23-21(25)16-6-8-17(9-7-16)22(26)24-14-18-4-3-11-29-18/h3-12H,13-14H2,1-2H3,(H,23,25)(H,24,26). The normalized spacial score (nSPS) is 10.3. The lowest BCUT2D eigenvalue weighted by molar-refractivity contribution is 0.0937. The molecule has 2 N–H and O–H groups in total. The zero-order chi connectivity index (χ0) is 20.6. The van der Waals surface area contributed by atoms with Crippen LogP contribution in [0.2, 0.25) is 0 Å². The number of methoxy groups -OCH3 is 2. The molecule has 29 heavy (non-hydrogen) atoms. The fourth-order valence-electron chi connectivity index (χ4n) is 2.73. The molecular weight excluding hydrogens is 372 g/mol. The smallest absolute Gasteiger partial charge is 0.251 e. The molecule has 0 atom stereocenters. The Hall–Kier alpha value is -3.74. The van der Waals surface area contributed by atoms with Crippen LogP contribution < -0.4 is 20.1 Å². The Bertz CT molecular complexity index is 965. The molecule has 150 valence electrons. The summed E-state index contributed by atoms with van der Waals surface area (Å²) < 4.78 is 15.6. The van der Waals surface area contributed by atoms with Crippen molar-refractivity contribution in [2.75, 3.05) is 14.2 Å². The van der Waals surface area contributed by atoms with E-state index in [0.717, 1.165) is 5.56 Å². The molecule has 7 nitrogen and oxygen atoms in total. The quantitative estimate of drug-likeness (QED) is 0.613. The van der Waals surface area contributed by atoms with Crippen LogP contribution in [0, 0.1) is 0 Å². The third kappa shape index (κ3) is 5.16. The minimum Gasteiger partial charge on any atom is -0.493 e. The van der Waals surface area contributed by atoms with Crippen molar-refractivity contribution < 1.29 is 23.5 Å². The minimum absolute atomic E-state index is 0.234. The molecule has 3 rings (SSSR count). The molecule has 0 saturated carbocycles. The average Bonchev–Trinajstić information content (AvgIpc) is 3.29. The van der Waals surface area contributed by atoms with E-state index < -0.39 is 0 Å². The monoisotopic (exact) mass is 394 g/mol. The summed E-state index contributed by atoms with van der Waals surface area (Å²) in [7, 11) is 3.13. The maximum Gasteiger partial charge on any atom is 0.251 e. The van der Waals surface area contributed by atoms with Gasteiger partial charge in [-0.2, -0.15) is 0 Å². The van der Waals surface area contributed by atoms with Crippen molar-refractivity contribution in [2.24, 2.45) is 0 Å². The fraction of sp³-hybridized carbons (Fsp3) is 0.182. The van der Waals surface area contributed by atoms with Gasteiger partial charge in [0.1, 0.15) is 5.76 Å². The van der Waals surface area contributed by atoms with Crippen LogP contribution in [0.15, 0.2) is 65.3 Å². The summed E-state index contributed by atoms with van der Waals surface area (Å²) in [4.78, 5) is 24.5. The van der Waals surface area contributed by atoms with Crippen molar-refractivity contribution in [2.45, 2.75) is 13.1 Å². The van der Waals surface area contributed by atoms with Gasteiger partial charge in [0, 0.05) is 17.7 Å². The first kappa shape index (κ1) is 20.0. The maximum atomic E-state index is 12.4. The molecule has 0 radical (unpaired) electrons. The molecule has 1 heterocycles. The first-order valence-electron chi connectivity index (χ1n) is 9.00. The van der Waals surface area contributed by atoms with Crippen LogP contribution in [-0.2, 0) is 13.1 Å². The SMILES string of the molecule is COc1ccc(CNC(=O)c2ccc(C(=O)NCc3ccco3)cc2)cc1OC. The predicted molar refractivity (Wildman–Crippen MR) is 107 cm³/mol. The van der Waals surface area contributed by atoms with Gasteiger partial charge in [-0.3, -0.25) is 9.59 Å². The second-order valence-corrected chi connectivity index (χ2v) is 6.21. The first-order valence-corrected chi connectivity index (χ1v) is 9.00. The van der Waals surface area contributed by atoms with Gasteiger partial charge < -0.3 is 24.5 Å². The summed E-state index contributed by atoms with van der Waals surface area (Å²) in [6.45, 7) is 0.643. The van der Waals surface area contributed by atoms with Crippen LogP contribution in [0.4, 0.5) is 0 Å². The molecule has 3 aromatic rings. The second kappa shape index (κ2) is 9.45. The van der Waals surface area contributed by atoms with Gasteiger partial charge in [0.15, 0.2) is 11.5 Å². The Kier molecular flexibility index (Phi) is 6.52. The number of benzene rings is 2. The highest BCUT2D eigenvalue weighted by atomic mass is 16.5. The minimum atomic E-state index is -0.237. The Morgan fingerprint density at radius 3 is 2.00 bits per heavy atom. The van der Waals surface area contributed by atoms with E-state index in [0.29, 0.717) is 41.5 Å². The van der Waals surface area contributed by atoms with E-state index >= 15 is 0 Å². The molecule has 0 fully saturated rings. The number of carbonyl (C=O) groups excluding carboxylic acids is 2. The first-order chi connectivity index (χ1) is 14.1. The highest BCUT2D eigenvalue weighted by molar-refractivity contribution is 5.97. The molecule has 0 spiro atoms. The molecule has 0 bridgehead atoms. The van der Waals surface area contributed by atoms with E-state index in [1.54, 1.807) is 62.9 Å². The lowest BCUT2D eigenvalue weighted by Crippen LogP contribution is -2.24. The second-order valence-electron chi connectivity index (χ2n) is 6.21. The summed E-state index contributed by atoms with van der Waals surface area (Å²) in [6, 6.07) is 15.5. The number of nitrogens with one attached hydrogen (secondary N) is 2. The molecule has 0 saturated heterocycles. The summed E-state index contributed by atoms with van der Waals surface area (Å²) in [6.07, 6.45) is 1.55. The maximum absolute atomic E-state index is 12.4. The number of hydrogen-bond donors (Lipinski definition) is 2. The van der Waals surface area contributed by atoms with Gasteiger partial charge in [-0.25, -0.2) is 0 Å². The largest absolute Gasteiger partial charge is 0.493 e. The average molecular weight is 394 g/mol. The zero-order valence-electron chi connectivity index (χ0n) is 16.2. The van der Waals surface area contributed by atoms with Gasteiger partial charge in [0.25, 0.3) is 11.8 Å². The Morgan fingerprint density at radius 2 is 1.45 bits per heavy atom. The predicted octanol–water partition coefficient (Wildman–Crippen LogP) is 3.16. The third-order valence-corrected chi connectivity index (χ3v) is 4.31. The summed E-state index contributed by atoms with van der Waals surface area (Å²) >= 11 is 0. The number of hydrogen-bond acceptors (Lipinski definition) is 5. The summed E-state index contributed by atoms with van der Waals surface area (Å²) in [5.41, 5.74) is 1.81. The number of amides is 2. The summed E-state index contributed by atoms with van der Waals surface area (Å²) in [5, 5.41) is 5.61. The lowest BCUT2D eigenvalue weighted by Gasteiger charge is -2.10. The van der Waals surface area contributed by atoms with Crippen molar-refractivity contribution in [3.05, 3.63) is 83.3 Å². The Morgan fingerprint density at radius 1 is 0.828 bits per heavy atom. The van der Waals surface area contributed by atoms with E-state index in [1.807, 2.05) is 12.1 Å². The van der Waals surface area contributed by atoms with Crippen molar-refractivity contribution >= 4 is 11.8 Å².